The average molecular weight is 350 g/mol. The summed E-state index contributed by atoms with van der Waals surface area (Å²) in [5, 5.41) is 12.9. The fourth-order valence-corrected chi connectivity index (χ4v) is 2.17. The minimum atomic E-state index is -0.193. The van der Waals surface area contributed by atoms with E-state index < -0.39 is 0 Å². The quantitative estimate of drug-likeness (QED) is 0.504. The molecule has 5 nitrogen and oxygen atoms in total. The third-order valence-electron chi connectivity index (χ3n) is 3.01. The van der Waals surface area contributed by atoms with E-state index in [9.17, 15) is 9.90 Å². The summed E-state index contributed by atoms with van der Waals surface area (Å²) < 4.78 is 0. The number of benzene rings is 2. The third-order valence-corrected chi connectivity index (χ3v) is 3.55. The number of hydrogen-bond donors (Lipinski definition) is 4. The lowest BCUT2D eigenvalue weighted by Gasteiger charge is -2.12. The first-order chi connectivity index (χ1) is 11.0. The summed E-state index contributed by atoms with van der Waals surface area (Å²) in [6, 6.07) is 13.9. The van der Waals surface area contributed by atoms with Gasteiger partial charge in [0.2, 0.25) is 5.91 Å². The second-order valence-corrected chi connectivity index (χ2v) is 5.59. The minimum absolute atomic E-state index is 0.193. The number of aryl methyl sites for hydroxylation is 1. The molecule has 120 valence electrons. The fourth-order valence-electron chi connectivity index (χ4n) is 1.83. The molecule has 0 fully saturated rings. The molecule has 0 atom stereocenters. The predicted molar refractivity (Wildman–Crippen MR) is 95.4 cm³/mol. The second kappa shape index (κ2) is 8.36. The maximum absolute atomic E-state index is 11.8. The average Bonchev–Trinajstić information content (AvgIpc) is 2.54. The number of hydrogen-bond acceptors (Lipinski definition) is 3. The molecule has 2 rings (SSSR count). The van der Waals surface area contributed by atoms with Gasteiger partial charge in [-0.1, -0.05) is 35.9 Å². The second-order valence-electron chi connectivity index (χ2n) is 4.77. The van der Waals surface area contributed by atoms with Crippen LogP contribution in [0.1, 0.15) is 12.0 Å². The number of nitrogens with one attached hydrogen (secondary N) is 3. The van der Waals surface area contributed by atoms with Crippen molar-refractivity contribution >= 4 is 40.5 Å². The van der Waals surface area contributed by atoms with E-state index in [-0.39, 0.29) is 16.8 Å². The molecule has 23 heavy (non-hydrogen) atoms. The fraction of sp³-hybridized carbons (Fsp3) is 0.125. The van der Waals surface area contributed by atoms with Crippen LogP contribution < -0.4 is 16.2 Å². The molecule has 0 aromatic heterocycles. The Hall–Kier alpha value is -2.31. The Kier molecular flexibility index (Phi) is 6.19. The Bertz CT molecular complexity index is 692. The highest BCUT2D eigenvalue weighted by Gasteiger charge is 2.05. The molecule has 0 heterocycles. The van der Waals surface area contributed by atoms with Crippen molar-refractivity contribution in [1.82, 2.24) is 10.9 Å². The van der Waals surface area contributed by atoms with E-state index in [0.717, 1.165) is 5.56 Å². The normalized spacial score (nSPS) is 9.96. The van der Waals surface area contributed by atoms with Crippen molar-refractivity contribution in [1.29, 1.82) is 0 Å². The molecule has 0 aliphatic heterocycles. The van der Waals surface area contributed by atoms with Gasteiger partial charge in [0.25, 0.3) is 0 Å². The van der Waals surface area contributed by atoms with Gasteiger partial charge in [0.05, 0.1) is 10.7 Å². The van der Waals surface area contributed by atoms with Crippen molar-refractivity contribution in [3.05, 3.63) is 59.1 Å². The highest BCUT2D eigenvalue weighted by atomic mass is 35.5. The van der Waals surface area contributed by atoms with E-state index >= 15 is 0 Å². The molecule has 2 aromatic rings. The molecule has 0 saturated carbocycles. The van der Waals surface area contributed by atoms with Crippen LogP contribution >= 0.6 is 23.8 Å². The van der Waals surface area contributed by atoms with Gasteiger partial charge >= 0.3 is 0 Å². The number of thiocarbonyl (C=S) groups is 1. The van der Waals surface area contributed by atoms with E-state index in [0.29, 0.717) is 23.6 Å². The van der Waals surface area contributed by atoms with Crippen LogP contribution in [0.25, 0.3) is 0 Å². The maximum atomic E-state index is 11.8. The molecular weight excluding hydrogens is 334 g/mol. The van der Waals surface area contributed by atoms with Gasteiger partial charge < -0.3 is 10.4 Å². The zero-order chi connectivity index (χ0) is 16.7. The van der Waals surface area contributed by atoms with E-state index in [2.05, 4.69) is 16.2 Å². The zero-order valence-electron chi connectivity index (χ0n) is 12.2. The van der Waals surface area contributed by atoms with Gasteiger partial charge in [0.1, 0.15) is 5.75 Å². The molecule has 0 spiro atoms. The molecule has 0 aliphatic carbocycles. The van der Waals surface area contributed by atoms with Crippen LogP contribution in [-0.4, -0.2) is 16.1 Å². The molecule has 1 amide bonds. The Balaban J connectivity index is 1.72. The van der Waals surface area contributed by atoms with Crippen LogP contribution in [0, 0.1) is 0 Å². The SMILES string of the molecule is O=C(CCc1ccc(O)cc1)NNC(=S)Nc1ccccc1Cl. The van der Waals surface area contributed by atoms with Crippen LogP contribution in [0.3, 0.4) is 0 Å². The number of phenols is 1. The number of anilines is 1. The Morgan fingerprint density at radius 3 is 2.48 bits per heavy atom. The summed E-state index contributed by atoms with van der Waals surface area (Å²) in [5.41, 5.74) is 6.77. The van der Waals surface area contributed by atoms with Crippen molar-refractivity contribution < 1.29 is 9.90 Å². The number of aromatic hydroxyl groups is 1. The lowest BCUT2D eigenvalue weighted by atomic mass is 10.1. The van der Waals surface area contributed by atoms with Crippen molar-refractivity contribution in [3.63, 3.8) is 0 Å². The zero-order valence-corrected chi connectivity index (χ0v) is 13.7. The number of halogens is 1. The van der Waals surface area contributed by atoms with E-state index in [1.807, 2.05) is 12.1 Å². The first-order valence-corrected chi connectivity index (χ1v) is 7.71. The van der Waals surface area contributed by atoms with Crippen LogP contribution in [-0.2, 0) is 11.2 Å². The smallest absolute Gasteiger partial charge is 0.238 e. The number of para-hydroxylation sites is 1. The standard InChI is InChI=1S/C16H16ClN3O2S/c17-13-3-1-2-4-14(13)18-16(23)20-19-15(22)10-7-11-5-8-12(21)9-6-11/h1-6,8-9,21H,7,10H2,(H,19,22)(H2,18,20,23). The van der Waals surface area contributed by atoms with Crippen LogP contribution in [0.2, 0.25) is 5.02 Å². The van der Waals surface area contributed by atoms with Crippen molar-refractivity contribution in [2.45, 2.75) is 12.8 Å². The summed E-state index contributed by atoms with van der Waals surface area (Å²) in [6.07, 6.45) is 0.866. The molecule has 0 unspecified atom stereocenters. The van der Waals surface area contributed by atoms with Gasteiger partial charge in [-0.05, 0) is 48.5 Å². The number of phenolic OH excluding ortho intramolecular Hbond substituents is 1. The largest absolute Gasteiger partial charge is 0.508 e. The number of hydrazine groups is 1. The molecule has 0 radical (unpaired) electrons. The molecule has 7 heteroatoms. The summed E-state index contributed by atoms with van der Waals surface area (Å²) in [7, 11) is 0. The summed E-state index contributed by atoms with van der Waals surface area (Å²) >= 11 is 11.1. The molecule has 4 N–H and O–H groups in total. The lowest BCUT2D eigenvalue weighted by Crippen LogP contribution is -2.43. The van der Waals surface area contributed by atoms with E-state index in [1.54, 1.807) is 36.4 Å². The first-order valence-electron chi connectivity index (χ1n) is 6.93. The highest BCUT2D eigenvalue weighted by molar-refractivity contribution is 7.80. The molecule has 0 saturated heterocycles. The number of carbonyl (C=O) groups excluding carboxylic acids is 1. The lowest BCUT2D eigenvalue weighted by molar-refractivity contribution is -0.121. The predicted octanol–water partition coefficient (Wildman–Crippen LogP) is 3.00. The van der Waals surface area contributed by atoms with Gasteiger partial charge in [-0.2, -0.15) is 0 Å². The third kappa shape index (κ3) is 5.77. The molecule has 0 bridgehead atoms. The van der Waals surface area contributed by atoms with Gasteiger partial charge in [-0.3, -0.25) is 15.6 Å². The van der Waals surface area contributed by atoms with Crippen LogP contribution in [0.4, 0.5) is 5.69 Å². The Morgan fingerprint density at radius 2 is 1.78 bits per heavy atom. The van der Waals surface area contributed by atoms with Crippen molar-refractivity contribution in [2.24, 2.45) is 0 Å². The molecule has 2 aromatic carbocycles. The number of carbonyl (C=O) groups is 1. The number of amides is 1. The molecule has 0 aliphatic rings. The summed E-state index contributed by atoms with van der Waals surface area (Å²) in [5.74, 6) is 0.0113. The highest BCUT2D eigenvalue weighted by Crippen LogP contribution is 2.20. The van der Waals surface area contributed by atoms with Crippen LogP contribution in [0.15, 0.2) is 48.5 Å². The van der Waals surface area contributed by atoms with Gasteiger partial charge in [-0.25, -0.2) is 0 Å². The van der Waals surface area contributed by atoms with Gasteiger partial charge in [0, 0.05) is 6.42 Å². The monoisotopic (exact) mass is 349 g/mol. The maximum Gasteiger partial charge on any atom is 0.238 e. The van der Waals surface area contributed by atoms with Gasteiger partial charge in [-0.15, -0.1) is 0 Å². The van der Waals surface area contributed by atoms with Crippen molar-refractivity contribution in [3.8, 4) is 5.75 Å². The number of rotatable bonds is 4. The first kappa shape index (κ1) is 17.1. The van der Waals surface area contributed by atoms with Crippen LogP contribution in [0.5, 0.6) is 5.75 Å². The van der Waals surface area contributed by atoms with Crippen molar-refractivity contribution in [2.75, 3.05) is 5.32 Å². The van der Waals surface area contributed by atoms with E-state index in [1.165, 1.54) is 0 Å². The van der Waals surface area contributed by atoms with E-state index in [4.69, 9.17) is 23.8 Å². The Morgan fingerprint density at radius 1 is 1.09 bits per heavy atom. The minimum Gasteiger partial charge on any atom is -0.508 e. The van der Waals surface area contributed by atoms with Gasteiger partial charge in [0.15, 0.2) is 5.11 Å². The molecular formula is C16H16ClN3O2S. The Labute approximate surface area is 144 Å². The summed E-state index contributed by atoms with van der Waals surface area (Å²) in [6.45, 7) is 0. The topological polar surface area (TPSA) is 73.4 Å². The summed E-state index contributed by atoms with van der Waals surface area (Å²) in [4.78, 5) is 11.8.